The van der Waals surface area contributed by atoms with Gasteiger partial charge in [-0.05, 0) is 48.4 Å². The molecule has 3 aromatic rings. The Hall–Kier alpha value is -3.75. The lowest BCUT2D eigenvalue weighted by atomic mass is 9.65. The van der Waals surface area contributed by atoms with Crippen molar-refractivity contribution in [2.75, 3.05) is 13.1 Å². The fourth-order valence-corrected chi connectivity index (χ4v) is 4.98. The third-order valence-corrected chi connectivity index (χ3v) is 6.60. The monoisotopic (exact) mass is 433 g/mol. The van der Waals surface area contributed by atoms with Crippen LogP contribution in [0, 0.1) is 15.5 Å². The maximum absolute atomic E-state index is 12.7. The highest BCUT2D eigenvalue weighted by molar-refractivity contribution is 5.97. The van der Waals surface area contributed by atoms with Crippen LogP contribution in [-0.2, 0) is 11.2 Å². The van der Waals surface area contributed by atoms with E-state index in [1.165, 1.54) is 12.1 Å². The van der Waals surface area contributed by atoms with Crippen LogP contribution in [-0.4, -0.2) is 50.7 Å². The molecule has 1 aromatic carbocycles. The van der Waals surface area contributed by atoms with Crippen LogP contribution in [0.4, 0.5) is 5.69 Å². The van der Waals surface area contributed by atoms with Gasteiger partial charge in [-0.2, -0.15) is 0 Å². The average molecular weight is 433 g/mol. The van der Waals surface area contributed by atoms with Crippen molar-refractivity contribution in [3.05, 3.63) is 70.0 Å². The summed E-state index contributed by atoms with van der Waals surface area (Å²) in [5, 5.41) is 14.0. The molecule has 3 heterocycles. The third-order valence-electron chi connectivity index (χ3n) is 6.60. The number of nitrogens with zero attached hydrogens (tertiary/aromatic N) is 3. The van der Waals surface area contributed by atoms with Crippen LogP contribution in [0.5, 0.6) is 0 Å². The highest BCUT2D eigenvalue weighted by Gasteiger charge is 2.49. The zero-order chi connectivity index (χ0) is 22.3. The molecule has 5 rings (SSSR count). The van der Waals surface area contributed by atoms with E-state index in [9.17, 15) is 19.7 Å². The number of amides is 2. The number of carbonyl (C=O) groups is 2. The minimum Gasteiger partial charge on any atom is -0.349 e. The number of aromatic nitrogens is 2. The lowest BCUT2D eigenvalue weighted by Crippen LogP contribution is -2.52. The van der Waals surface area contributed by atoms with E-state index in [4.69, 9.17) is 0 Å². The number of hydrogen-bond acceptors (Lipinski definition) is 5. The zero-order valence-electron chi connectivity index (χ0n) is 17.4. The molecule has 2 fully saturated rings. The molecule has 0 bridgehead atoms. The van der Waals surface area contributed by atoms with E-state index >= 15 is 0 Å². The Balaban J connectivity index is 1.14. The van der Waals surface area contributed by atoms with Gasteiger partial charge in [0, 0.05) is 37.5 Å². The first kappa shape index (κ1) is 20.2. The summed E-state index contributed by atoms with van der Waals surface area (Å²) in [6.45, 7) is 1.35. The summed E-state index contributed by atoms with van der Waals surface area (Å²) >= 11 is 0. The first-order valence-corrected chi connectivity index (χ1v) is 10.7. The van der Waals surface area contributed by atoms with Crippen LogP contribution in [0.2, 0.25) is 0 Å². The summed E-state index contributed by atoms with van der Waals surface area (Å²) in [4.78, 5) is 45.0. The van der Waals surface area contributed by atoms with Gasteiger partial charge >= 0.3 is 0 Å². The first-order chi connectivity index (χ1) is 15.4. The summed E-state index contributed by atoms with van der Waals surface area (Å²) in [5.74, 6) is -0.153. The van der Waals surface area contributed by atoms with Crippen LogP contribution in [0.15, 0.2) is 48.7 Å². The van der Waals surface area contributed by atoms with Gasteiger partial charge in [0.05, 0.1) is 22.4 Å². The predicted molar refractivity (Wildman–Crippen MR) is 117 cm³/mol. The topological polar surface area (TPSA) is 121 Å². The molecule has 2 aliphatic rings. The summed E-state index contributed by atoms with van der Waals surface area (Å²) in [7, 11) is 0. The van der Waals surface area contributed by atoms with E-state index in [-0.39, 0.29) is 35.4 Å². The highest BCUT2D eigenvalue weighted by Crippen LogP contribution is 2.48. The number of fused-ring (bicyclic) bond motifs is 1. The number of hydrogen-bond donors (Lipinski definition) is 2. The number of nitro groups is 1. The van der Waals surface area contributed by atoms with E-state index in [0.717, 1.165) is 30.3 Å². The van der Waals surface area contributed by atoms with Crippen molar-refractivity contribution in [1.82, 2.24) is 20.2 Å². The summed E-state index contributed by atoms with van der Waals surface area (Å²) in [6.07, 6.45) is 4.46. The molecule has 1 aliphatic carbocycles. The van der Waals surface area contributed by atoms with Crippen molar-refractivity contribution in [1.29, 1.82) is 0 Å². The fraction of sp³-hybridized carbons (Fsp3) is 0.348. The van der Waals surface area contributed by atoms with E-state index in [2.05, 4.69) is 15.3 Å². The van der Waals surface area contributed by atoms with E-state index < -0.39 is 4.92 Å². The van der Waals surface area contributed by atoms with Crippen molar-refractivity contribution < 1.29 is 14.5 Å². The van der Waals surface area contributed by atoms with E-state index in [1.54, 1.807) is 24.4 Å². The SMILES string of the molecule is O=C(NC1CC2(CCN(C(=O)Cc3cccc([N+](=O)[O-])c3)C2)C1)c1cc2ncccc2[nH]1. The molecule has 164 valence electrons. The van der Waals surface area contributed by atoms with E-state index in [1.807, 2.05) is 17.0 Å². The number of H-pyrrole nitrogens is 1. The molecule has 9 nitrogen and oxygen atoms in total. The Morgan fingerprint density at radius 2 is 2.09 bits per heavy atom. The van der Waals surface area contributed by atoms with Gasteiger partial charge in [-0.1, -0.05) is 12.1 Å². The Kier molecular flexibility index (Phi) is 4.88. The normalized spacial score (nSPS) is 22.1. The second kappa shape index (κ2) is 7.74. The molecular formula is C23H23N5O4. The smallest absolute Gasteiger partial charge is 0.269 e. The maximum atomic E-state index is 12.7. The van der Waals surface area contributed by atoms with Gasteiger partial charge in [0.2, 0.25) is 5.91 Å². The standard InChI is InChI=1S/C23H23N5O4/c29-21(10-15-3-1-4-17(9-15)28(31)32)27-8-6-23(14-27)12-16(13-23)25-22(30)20-11-19-18(26-20)5-2-7-24-19/h1-5,7,9,11,16,26H,6,8,10,12-14H2,(H,25,30). The van der Waals surface area contributed by atoms with Gasteiger partial charge in [0.25, 0.3) is 11.6 Å². The van der Waals surface area contributed by atoms with Crippen LogP contribution < -0.4 is 5.32 Å². The number of nitrogens with one attached hydrogen (secondary N) is 2. The molecule has 0 radical (unpaired) electrons. The maximum Gasteiger partial charge on any atom is 0.269 e. The Morgan fingerprint density at radius 3 is 2.88 bits per heavy atom. The largest absolute Gasteiger partial charge is 0.349 e. The number of non-ortho nitro benzene ring substituents is 1. The van der Waals surface area contributed by atoms with Crippen molar-refractivity contribution >= 4 is 28.5 Å². The number of carbonyl (C=O) groups excluding carboxylic acids is 2. The summed E-state index contributed by atoms with van der Waals surface area (Å²) in [6, 6.07) is 11.8. The zero-order valence-corrected chi connectivity index (χ0v) is 17.4. The molecule has 9 heteroatoms. The number of benzene rings is 1. The molecule has 0 atom stereocenters. The molecule has 1 aliphatic heterocycles. The van der Waals surface area contributed by atoms with Gasteiger partial charge in [0.1, 0.15) is 5.69 Å². The Labute approximate surface area is 184 Å². The molecule has 1 spiro atoms. The van der Waals surface area contributed by atoms with Gasteiger partial charge in [-0.15, -0.1) is 0 Å². The lowest BCUT2D eigenvalue weighted by Gasteiger charge is -2.45. The highest BCUT2D eigenvalue weighted by atomic mass is 16.6. The quantitative estimate of drug-likeness (QED) is 0.473. The molecular weight excluding hydrogens is 410 g/mol. The van der Waals surface area contributed by atoms with Gasteiger partial charge in [-0.3, -0.25) is 24.7 Å². The number of rotatable bonds is 5. The third kappa shape index (κ3) is 3.81. The van der Waals surface area contributed by atoms with Crippen LogP contribution in [0.1, 0.15) is 35.3 Å². The van der Waals surface area contributed by atoms with Gasteiger partial charge < -0.3 is 15.2 Å². The molecule has 2 N–H and O–H groups in total. The lowest BCUT2D eigenvalue weighted by molar-refractivity contribution is -0.384. The molecule has 2 amide bonds. The summed E-state index contributed by atoms with van der Waals surface area (Å²) in [5.41, 5.74) is 2.79. The minimum atomic E-state index is -0.450. The average Bonchev–Trinajstić information content (AvgIpc) is 3.38. The van der Waals surface area contributed by atoms with Crippen molar-refractivity contribution in [3.63, 3.8) is 0 Å². The summed E-state index contributed by atoms with van der Waals surface area (Å²) < 4.78 is 0. The Bertz CT molecular complexity index is 1180. The van der Waals surface area contributed by atoms with Crippen molar-refractivity contribution in [2.45, 2.75) is 31.7 Å². The molecule has 32 heavy (non-hydrogen) atoms. The van der Waals surface area contributed by atoms with Crippen molar-refractivity contribution in [2.24, 2.45) is 5.41 Å². The van der Waals surface area contributed by atoms with Gasteiger partial charge in [-0.25, -0.2) is 0 Å². The molecule has 1 saturated carbocycles. The molecule has 2 aromatic heterocycles. The Morgan fingerprint density at radius 1 is 1.25 bits per heavy atom. The molecule has 1 saturated heterocycles. The first-order valence-electron chi connectivity index (χ1n) is 10.7. The number of aromatic amines is 1. The van der Waals surface area contributed by atoms with Crippen LogP contribution in [0.25, 0.3) is 11.0 Å². The predicted octanol–water partition coefficient (Wildman–Crippen LogP) is 2.82. The van der Waals surface area contributed by atoms with Crippen LogP contribution >= 0.6 is 0 Å². The van der Waals surface area contributed by atoms with Crippen LogP contribution in [0.3, 0.4) is 0 Å². The van der Waals surface area contributed by atoms with Gasteiger partial charge in [0.15, 0.2) is 0 Å². The number of likely N-dealkylation sites (tertiary alicyclic amines) is 1. The second-order valence-electron chi connectivity index (χ2n) is 8.87. The minimum absolute atomic E-state index is 0.00323. The fourth-order valence-electron chi connectivity index (χ4n) is 4.98. The van der Waals surface area contributed by atoms with Crippen molar-refractivity contribution in [3.8, 4) is 0 Å². The number of pyridine rings is 1. The van der Waals surface area contributed by atoms with E-state index in [0.29, 0.717) is 24.3 Å². The number of nitro benzene ring substituents is 1. The second-order valence-corrected chi connectivity index (χ2v) is 8.87. The molecule has 0 unspecified atom stereocenters.